The Kier molecular flexibility index (Phi) is 8.16. The Labute approximate surface area is 319 Å². The number of aromatic nitrogens is 2. The third-order valence-corrected chi connectivity index (χ3v) is 10.3. The van der Waals surface area contributed by atoms with E-state index >= 15 is 0 Å². The zero-order valence-corrected chi connectivity index (χ0v) is 29.9. The van der Waals surface area contributed by atoms with Gasteiger partial charge in [-0.05, 0) is 98.1 Å². The van der Waals surface area contributed by atoms with Crippen LogP contribution >= 0.6 is 0 Å². The highest BCUT2D eigenvalue weighted by Crippen LogP contribution is 2.40. The van der Waals surface area contributed by atoms with Crippen LogP contribution < -0.4 is 0 Å². The van der Waals surface area contributed by atoms with Gasteiger partial charge in [0.15, 0.2) is 5.82 Å². The lowest BCUT2D eigenvalue weighted by Crippen LogP contribution is -1.95. The van der Waals surface area contributed by atoms with Crippen LogP contribution in [0.5, 0.6) is 0 Å². The summed E-state index contributed by atoms with van der Waals surface area (Å²) < 4.78 is 6.48. The van der Waals surface area contributed by atoms with Gasteiger partial charge in [-0.25, -0.2) is 4.98 Å². The summed E-state index contributed by atoms with van der Waals surface area (Å²) in [5.74, 6) is 0.612. The molecule has 10 aromatic rings. The molecule has 0 N–H and O–H groups in total. The van der Waals surface area contributed by atoms with E-state index in [1.165, 1.54) is 16.7 Å². The molecule has 0 amide bonds. The molecule has 2 aromatic heterocycles. The Hall–Kier alpha value is -7.36. The van der Waals surface area contributed by atoms with Crippen LogP contribution in [-0.4, -0.2) is 9.97 Å². The van der Waals surface area contributed by atoms with E-state index in [0.717, 1.165) is 72.1 Å². The minimum atomic E-state index is 0.568. The molecule has 3 nitrogen and oxygen atoms in total. The monoisotopic (exact) mass is 702 g/mol. The molecular weight excluding hydrogens is 669 g/mol. The third-order valence-electron chi connectivity index (χ3n) is 10.3. The molecule has 0 spiro atoms. The van der Waals surface area contributed by atoms with E-state index in [4.69, 9.17) is 14.4 Å². The van der Waals surface area contributed by atoms with Crippen molar-refractivity contribution in [2.75, 3.05) is 0 Å². The van der Waals surface area contributed by atoms with Gasteiger partial charge in [0, 0.05) is 16.5 Å². The second kappa shape index (κ2) is 13.9. The lowest BCUT2D eigenvalue weighted by molar-refractivity contribution is 0.653. The molecule has 10 rings (SSSR count). The fourth-order valence-corrected chi connectivity index (χ4v) is 7.55. The average molecular weight is 703 g/mol. The number of nitrogens with zero attached hydrogens (tertiary/aromatic N) is 2. The normalized spacial score (nSPS) is 11.3. The zero-order valence-electron chi connectivity index (χ0n) is 29.9. The zero-order chi connectivity index (χ0) is 36.6. The second-order valence-electron chi connectivity index (χ2n) is 13.8. The molecule has 0 aliphatic rings. The molecule has 0 fully saturated rings. The van der Waals surface area contributed by atoms with Gasteiger partial charge in [-0.2, -0.15) is 4.98 Å². The van der Waals surface area contributed by atoms with Gasteiger partial charge in [-0.1, -0.05) is 164 Å². The Morgan fingerprint density at radius 1 is 0.291 bits per heavy atom. The van der Waals surface area contributed by atoms with Crippen molar-refractivity contribution in [3.8, 4) is 78.3 Å². The minimum absolute atomic E-state index is 0.568. The molecular formula is C52H34N2O. The van der Waals surface area contributed by atoms with Crippen LogP contribution in [0.4, 0.5) is 0 Å². The number of furan rings is 1. The van der Waals surface area contributed by atoms with Crippen LogP contribution in [0.15, 0.2) is 211 Å². The molecule has 258 valence electrons. The summed E-state index contributed by atoms with van der Waals surface area (Å²) in [5.41, 5.74) is 15.6. The summed E-state index contributed by atoms with van der Waals surface area (Å²) in [6, 6.07) is 72.4. The number of hydrogen-bond donors (Lipinski definition) is 0. The van der Waals surface area contributed by atoms with Crippen LogP contribution in [0, 0.1) is 0 Å². The summed E-state index contributed by atoms with van der Waals surface area (Å²) in [5, 5.41) is 1.90. The summed E-state index contributed by atoms with van der Waals surface area (Å²) in [6.07, 6.45) is 0. The first-order valence-electron chi connectivity index (χ1n) is 18.6. The van der Waals surface area contributed by atoms with E-state index < -0.39 is 0 Å². The molecule has 55 heavy (non-hydrogen) atoms. The van der Waals surface area contributed by atoms with Crippen LogP contribution in [-0.2, 0) is 0 Å². The summed E-state index contributed by atoms with van der Waals surface area (Å²) in [6.45, 7) is 0. The summed E-state index contributed by atoms with van der Waals surface area (Å²) in [4.78, 5) is 10.5. The highest BCUT2D eigenvalue weighted by atomic mass is 16.3. The van der Waals surface area contributed by atoms with E-state index in [0.29, 0.717) is 11.5 Å². The van der Waals surface area contributed by atoms with E-state index in [2.05, 4.69) is 188 Å². The van der Waals surface area contributed by atoms with Crippen LogP contribution in [0.3, 0.4) is 0 Å². The molecule has 0 radical (unpaired) electrons. The molecule has 3 heteroatoms. The quantitative estimate of drug-likeness (QED) is 0.166. The largest absolute Gasteiger partial charge is 0.438 e. The molecule has 2 heterocycles. The van der Waals surface area contributed by atoms with Crippen molar-refractivity contribution in [3.05, 3.63) is 206 Å². The maximum absolute atomic E-state index is 6.48. The highest BCUT2D eigenvalue weighted by molar-refractivity contribution is 6.11. The fourth-order valence-electron chi connectivity index (χ4n) is 7.55. The number of fused-ring (bicyclic) bond motifs is 3. The van der Waals surface area contributed by atoms with Crippen molar-refractivity contribution >= 4 is 22.1 Å². The predicted octanol–water partition coefficient (Wildman–Crippen LogP) is 14.0. The van der Waals surface area contributed by atoms with Gasteiger partial charge in [0.05, 0.1) is 11.1 Å². The topological polar surface area (TPSA) is 38.9 Å². The van der Waals surface area contributed by atoms with E-state index in [1.54, 1.807) is 0 Å². The Morgan fingerprint density at radius 3 is 1.22 bits per heavy atom. The molecule has 0 aliphatic carbocycles. The number of rotatable bonds is 7. The summed E-state index contributed by atoms with van der Waals surface area (Å²) in [7, 11) is 0. The SMILES string of the molecule is c1ccc(-c2cccc(-c3cccc(-c4cccc(-c5nc(-c6cc(-c7ccccc7)cc(-c7ccccc7)c6)c6c(n5)oc5ccccc56)c4)c3)c2)cc1. The third kappa shape index (κ3) is 6.28. The van der Waals surface area contributed by atoms with Gasteiger partial charge in [-0.15, -0.1) is 0 Å². The van der Waals surface area contributed by atoms with Gasteiger partial charge < -0.3 is 4.42 Å². The lowest BCUT2D eigenvalue weighted by Gasteiger charge is -2.13. The fraction of sp³-hybridized carbons (Fsp3) is 0. The maximum Gasteiger partial charge on any atom is 0.231 e. The van der Waals surface area contributed by atoms with E-state index in [1.807, 2.05) is 18.2 Å². The second-order valence-corrected chi connectivity index (χ2v) is 13.8. The van der Waals surface area contributed by atoms with E-state index in [-0.39, 0.29) is 0 Å². The number of hydrogen-bond acceptors (Lipinski definition) is 3. The first-order valence-corrected chi connectivity index (χ1v) is 18.6. The van der Waals surface area contributed by atoms with Gasteiger partial charge in [0.1, 0.15) is 5.58 Å². The lowest BCUT2D eigenvalue weighted by atomic mass is 9.94. The Balaban J connectivity index is 1.11. The van der Waals surface area contributed by atoms with Crippen LogP contribution in [0.1, 0.15) is 0 Å². The molecule has 0 saturated heterocycles. The maximum atomic E-state index is 6.48. The Bertz CT molecular complexity index is 2910. The first-order chi connectivity index (χ1) is 27.2. The van der Waals surface area contributed by atoms with Crippen molar-refractivity contribution in [2.45, 2.75) is 0 Å². The number of para-hydroxylation sites is 1. The van der Waals surface area contributed by atoms with Gasteiger partial charge in [0.2, 0.25) is 5.71 Å². The summed E-state index contributed by atoms with van der Waals surface area (Å²) >= 11 is 0. The van der Waals surface area contributed by atoms with Crippen molar-refractivity contribution < 1.29 is 4.42 Å². The highest BCUT2D eigenvalue weighted by Gasteiger charge is 2.20. The van der Waals surface area contributed by atoms with Crippen molar-refractivity contribution in [3.63, 3.8) is 0 Å². The van der Waals surface area contributed by atoms with Crippen molar-refractivity contribution in [1.82, 2.24) is 9.97 Å². The molecule has 8 aromatic carbocycles. The first kappa shape index (κ1) is 32.3. The average Bonchev–Trinajstić information content (AvgIpc) is 3.66. The van der Waals surface area contributed by atoms with Gasteiger partial charge in [0.25, 0.3) is 0 Å². The van der Waals surface area contributed by atoms with Gasteiger partial charge >= 0.3 is 0 Å². The van der Waals surface area contributed by atoms with E-state index in [9.17, 15) is 0 Å². The van der Waals surface area contributed by atoms with Crippen LogP contribution in [0.25, 0.3) is 100 Å². The number of benzene rings is 8. The standard InChI is InChI=1S/C52H34N2O/c1-4-15-35(16-5-1)38-21-12-22-39(29-38)40-23-13-24-41(30-40)42-25-14-26-43(31-42)51-53-50(49-47-27-10-11-28-48(47)55-52(49)54-51)46-33-44(36-17-6-2-7-18-36)32-45(34-46)37-19-8-3-9-20-37/h1-34H. The van der Waals surface area contributed by atoms with Crippen LogP contribution in [0.2, 0.25) is 0 Å². The predicted molar refractivity (Wildman–Crippen MR) is 227 cm³/mol. The Morgan fingerprint density at radius 2 is 0.673 bits per heavy atom. The molecule has 0 saturated carbocycles. The van der Waals surface area contributed by atoms with Gasteiger partial charge in [-0.3, -0.25) is 0 Å². The smallest absolute Gasteiger partial charge is 0.231 e. The van der Waals surface area contributed by atoms with Crippen molar-refractivity contribution in [2.24, 2.45) is 0 Å². The molecule has 0 unspecified atom stereocenters. The molecule has 0 bridgehead atoms. The molecule has 0 atom stereocenters. The molecule has 0 aliphatic heterocycles. The van der Waals surface area contributed by atoms with Crippen molar-refractivity contribution in [1.29, 1.82) is 0 Å². The minimum Gasteiger partial charge on any atom is -0.438 e.